The zero-order chi connectivity index (χ0) is 38.8. The number of carbonyl (C=O) groups excluding carboxylic acids is 2. The standard InChI is InChI=1S/C41H41N3O10S/c1-29-18-20-34(21-19-29)55(48,49)52-25-23-41(28-50-26-31-12-6-3-7-13-31)37(51-27-32-14-8-4-9-15-32)36(53-30(2)45)39(54-41)44-24-22-35(43-40(44)47)42-38(46)33-16-10-5-11-17-33/h3-22,24,36-37,39H,23,25-28H2,1-2H3,(H,42,43,46,47)/t36-,37+,39-,41-/m1/s1. The van der Waals surface area contributed by atoms with E-state index in [0.717, 1.165) is 21.3 Å². The summed E-state index contributed by atoms with van der Waals surface area (Å²) in [6, 6.07) is 34.8. The lowest BCUT2D eigenvalue weighted by Crippen LogP contribution is -2.50. The van der Waals surface area contributed by atoms with Gasteiger partial charge in [-0.2, -0.15) is 13.4 Å². The molecule has 1 saturated heterocycles. The summed E-state index contributed by atoms with van der Waals surface area (Å²) in [7, 11) is -4.19. The number of carbonyl (C=O) groups is 2. The van der Waals surface area contributed by atoms with E-state index in [0.29, 0.717) is 5.56 Å². The highest BCUT2D eigenvalue weighted by molar-refractivity contribution is 7.86. The van der Waals surface area contributed by atoms with Crippen LogP contribution < -0.4 is 11.0 Å². The highest BCUT2D eigenvalue weighted by Gasteiger charge is 2.59. The van der Waals surface area contributed by atoms with Gasteiger partial charge in [-0.3, -0.25) is 18.3 Å². The fraction of sp³-hybridized carbons (Fsp3) is 0.268. The number of amides is 1. The molecular weight excluding hydrogens is 727 g/mol. The lowest BCUT2D eigenvalue weighted by atomic mass is 9.92. The minimum atomic E-state index is -4.19. The van der Waals surface area contributed by atoms with E-state index in [9.17, 15) is 22.8 Å². The van der Waals surface area contributed by atoms with E-state index < -0.39 is 51.7 Å². The first kappa shape index (κ1) is 39.2. The zero-order valence-electron chi connectivity index (χ0n) is 30.3. The Morgan fingerprint density at radius 1 is 0.855 bits per heavy atom. The normalized spacial score (nSPS) is 19.5. The van der Waals surface area contributed by atoms with Crippen molar-refractivity contribution in [2.24, 2.45) is 0 Å². The van der Waals surface area contributed by atoms with Crippen molar-refractivity contribution in [3.63, 3.8) is 0 Å². The molecule has 1 aromatic heterocycles. The molecule has 5 aromatic rings. The first-order chi connectivity index (χ1) is 26.5. The summed E-state index contributed by atoms with van der Waals surface area (Å²) in [5.74, 6) is -1.16. The Morgan fingerprint density at radius 2 is 1.47 bits per heavy atom. The van der Waals surface area contributed by atoms with Crippen molar-refractivity contribution in [1.82, 2.24) is 9.55 Å². The maximum atomic E-state index is 13.7. The molecule has 0 unspecified atom stereocenters. The Balaban J connectivity index is 1.35. The van der Waals surface area contributed by atoms with Gasteiger partial charge in [0.1, 0.15) is 17.5 Å². The third-order valence-electron chi connectivity index (χ3n) is 8.94. The summed E-state index contributed by atoms with van der Waals surface area (Å²) in [4.78, 5) is 43.3. The lowest BCUT2D eigenvalue weighted by Gasteiger charge is -2.34. The second kappa shape index (κ2) is 17.8. The molecule has 1 aliphatic heterocycles. The summed E-state index contributed by atoms with van der Waals surface area (Å²) in [5, 5.41) is 2.62. The number of aromatic nitrogens is 2. The number of nitrogens with zero attached hydrogens (tertiary/aromatic N) is 2. The van der Waals surface area contributed by atoms with Crippen LogP contribution in [0.25, 0.3) is 0 Å². The minimum Gasteiger partial charge on any atom is -0.455 e. The van der Waals surface area contributed by atoms with Crippen LogP contribution in [0.3, 0.4) is 0 Å². The molecule has 1 amide bonds. The van der Waals surface area contributed by atoms with Gasteiger partial charge in [-0.1, -0.05) is 96.6 Å². The summed E-state index contributed by atoms with van der Waals surface area (Å²) in [5.41, 5.74) is 0.531. The van der Waals surface area contributed by atoms with Crippen LogP contribution in [0.2, 0.25) is 0 Å². The first-order valence-corrected chi connectivity index (χ1v) is 19.0. The van der Waals surface area contributed by atoms with Crippen LogP contribution in [-0.4, -0.2) is 60.9 Å². The Morgan fingerprint density at radius 3 is 2.09 bits per heavy atom. The van der Waals surface area contributed by atoms with E-state index in [1.165, 1.54) is 31.3 Å². The smallest absolute Gasteiger partial charge is 0.351 e. The summed E-state index contributed by atoms with van der Waals surface area (Å²) in [6.45, 7) is 2.69. The van der Waals surface area contributed by atoms with Crippen molar-refractivity contribution in [3.05, 3.63) is 160 Å². The van der Waals surface area contributed by atoms with Crippen LogP contribution in [0.4, 0.5) is 5.82 Å². The molecular formula is C41H41N3O10S. The molecule has 0 saturated carbocycles. The Kier molecular flexibility index (Phi) is 12.6. The first-order valence-electron chi connectivity index (χ1n) is 17.6. The number of nitrogens with one attached hydrogen (secondary N) is 1. The molecule has 286 valence electrons. The van der Waals surface area contributed by atoms with Gasteiger partial charge in [0, 0.05) is 25.1 Å². The predicted octanol–water partition coefficient (Wildman–Crippen LogP) is 5.60. The number of esters is 1. The Hall–Kier alpha value is -5.51. The Bertz CT molecular complexity index is 2220. The SMILES string of the molecule is CC(=O)O[C@H]1[C@H](n2ccc(NC(=O)c3ccccc3)nc2=O)O[C@](CCOS(=O)(=O)c2ccc(C)cc2)(COCc2ccccc2)[C@H]1OCc1ccccc1. The van der Waals surface area contributed by atoms with Gasteiger partial charge >= 0.3 is 11.7 Å². The van der Waals surface area contributed by atoms with Crippen LogP contribution in [0.15, 0.2) is 137 Å². The third-order valence-corrected chi connectivity index (χ3v) is 10.3. The summed E-state index contributed by atoms with van der Waals surface area (Å²) >= 11 is 0. The van der Waals surface area contributed by atoms with E-state index in [4.69, 9.17) is 23.1 Å². The lowest BCUT2D eigenvalue weighted by molar-refractivity contribution is -0.164. The van der Waals surface area contributed by atoms with E-state index in [-0.39, 0.29) is 43.6 Å². The van der Waals surface area contributed by atoms with Crippen molar-refractivity contribution in [2.75, 3.05) is 18.5 Å². The van der Waals surface area contributed by atoms with Crippen LogP contribution in [0.5, 0.6) is 0 Å². The molecule has 0 aliphatic carbocycles. The van der Waals surface area contributed by atoms with E-state index in [1.54, 1.807) is 42.5 Å². The van der Waals surface area contributed by atoms with Crippen molar-refractivity contribution in [3.8, 4) is 0 Å². The largest absolute Gasteiger partial charge is 0.455 e. The second-order valence-corrected chi connectivity index (χ2v) is 14.6. The molecule has 1 fully saturated rings. The summed E-state index contributed by atoms with van der Waals surface area (Å²) in [6.07, 6.45) is -2.46. The predicted molar refractivity (Wildman–Crippen MR) is 201 cm³/mol. The topological polar surface area (TPSA) is 161 Å². The number of anilines is 1. The van der Waals surface area contributed by atoms with Gasteiger partial charge in [-0.15, -0.1) is 0 Å². The van der Waals surface area contributed by atoms with Crippen LogP contribution in [0.1, 0.15) is 46.6 Å². The molecule has 0 bridgehead atoms. The third kappa shape index (κ3) is 9.98. The van der Waals surface area contributed by atoms with Crippen molar-refractivity contribution in [1.29, 1.82) is 0 Å². The molecule has 13 nitrogen and oxygen atoms in total. The zero-order valence-corrected chi connectivity index (χ0v) is 31.1. The van der Waals surface area contributed by atoms with Gasteiger partial charge < -0.3 is 24.3 Å². The average Bonchev–Trinajstić information content (AvgIpc) is 3.46. The summed E-state index contributed by atoms with van der Waals surface area (Å²) < 4.78 is 58.6. The van der Waals surface area contributed by atoms with Crippen molar-refractivity contribution >= 4 is 27.8 Å². The van der Waals surface area contributed by atoms with Gasteiger partial charge in [-0.25, -0.2) is 4.79 Å². The van der Waals surface area contributed by atoms with Gasteiger partial charge in [0.05, 0.1) is 31.3 Å². The highest BCUT2D eigenvalue weighted by atomic mass is 32.2. The number of hydrogen-bond donors (Lipinski definition) is 1. The van der Waals surface area contributed by atoms with Crippen LogP contribution in [-0.2, 0) is 51.3 Å². The number of benzene rings is 4. The quantitative estimate of drug-likeness (QED) is 0.0983. The average molecular weight is 768 g/mol. The molecule has 6 rings (SSSR count). The number of rotatable bonds is 16. The highest BCUT2D eigenvalue weighted by Crippen LogP contribution is 2.43. The number of hydrogen-bond acceptors (Lipinski definition) is 11. The number of aryl methyl sites for hydroxylation is 1. The second-order valence-electron chi connectivity index (χ2n) is 13.0. The molecule has 2 heterocycles. The van der Waals surface area contributed by atoms with Crippen LogP contribution >= 0.6 is 0 Å². The van der Waals surface area contributed by atoms with Crippen molar-refractivity contribution in [2.45, 2.75) is 62.4 Å². The Labute approximate surface area is 318 Å². The van der Waals surface area contributed by atoms with E-state index >= 15 is 0 Å². The molecule has 0 spiro atoms. The van der Waals surface area contributed by atoms with Gasteiger partial charge in [0.2, 0.25) is 0 Å². The maximum Gasteiger partial charge on any atom is 0.351 e. The maximum absolute atomic E-state index is 13.7. The van der Waals surface area contributed by atoms with E-state index in [2.05, 4.69) is 10.3 Å². The minimum absolute atomic E-state index is 0.0128. The molecule has 0 radical (unpaired) electrons. The molecule has 1 aliphatic rings. The fourth-order valence-electron chi connectivity index (χ4n) is 6.21. The van der Waals surface area contributed by atoms with Crippen molar-refractivity contribution < 1.29 is 41.1 Å². The molecule has 14 heteroatoms. The van der Waals surface area contributed by atoms with Crippen LogP contribution in [0, 0.1) is 6.92 Å². The number of ether oxygens (including phenoxy) is 4. The molecule has 4 aromatic carbocycles. The molecule has 1 N–H and O–H groups in total. The van der Waals surface area contributed by atoms with Gasteiger partial charge in [-0.05, 0) is 48.4 Å². The van der Waals surface area contributed by atoms with E-state index in [1.807, 2.05) is 67.6 Å². The monoisotopic (exact) mass is 767 g/mol. The fourth-order valence-corrected chi connectivity index (χ4v) is 7.12. The molecule has 4 atom stereocenters. The molecule has 55 heavy (non-hydrogen) atoms. The van der Waals surface area contributed by atoms with Gasteiger partial charge in [0.25, 0.3) is 16.0 Å². The van der Waals surface area contributed by atoms with Gasteiger partial charge in [0.15, 0.2) is 12.3 Å².